The summed E-state index contributed by atoms with van der Waals surface area (Å²) in [5.74, 6) is -0.750. The first-order valence-corrected chi connectivity index (χ1v) is 6.40. The first-order chi connectivity index (χ1) is 9.49. The molecule has 0 aliphatic heterocycles. The predicted octanol–water partition coefficient (Wildman–Crippen LogP) is 3.33. The maximum Gasteiger partial charge on any atom is 0.255 e. The van der Waals surface area contributed by atoms with E-state index in [9.17, 15) is 9.18 Å². The van der Waals surface area contributed by atoms with Gasteiger partial charge in [-0.05, 0) is 29.8 Å². The van der Waals surface area contributed by atoms with Crippen LogP contribution in [-0.4, -0.2) is 17.9 Å². The lowest BCUT2D eigenvalue weighted by Crippen LogP contribution is -2.26. The van der Waals surface area contributed by atoms with Crippen LogP contribution in [0.4, 0.5) is 10.1 Å². The highest BCUT2D eigenvalue weighted by Gasteiger charge is 2.16. The van der Waals surface area contributed by atoms with Gasteiger partial charge in [0.1, 0.15) is 5.82 Å². The van der Waals surface area contributed by atoms with E-state index in [4.69, 9.17) is 17.3 Å². The van der Waals surface area contributed by atoms with Crippen LogP contribution in [0.2, 0.25) is 5.02 Å². The van der Waals surface area contributed by atoms with Gasteiger partial charge in [-0.1, -0.05) is 29.8 Å². The van der Waals surface area contributed by atoms with Crippen molar-refractivity contribution >= 4 is 23.2 Å². The number of halogens is 2. The van der Waals surface area contributed by atoms with Gasteiger partial charge < -0.3 is 10.6 Å². The van der Waals surface area contributed by atoms with Gasteiger partial charge in [-0.15, -0.1) is 0 Å². The quantitative estimate of drug-likeness (QED) is 0.882. The number of benzene rings is 2. The number of nitrogens with two attached hydrogens (primary N) is 1. The molecule has 1 amide bonds. The molecule has 104 valence electrons. The van der Waals surface area contributed by atoms with Crippen LogP contribution in [0, 0.1) is 5.82 Å². The molecular weight excluding hydrogens is 279 g/mol. The minimum atomic E-state index is -0.471. The summed E-state index contributed by atoms with van der Waals surface area (Å²) in [7, 11) is 1.65. The third-order valence-electron chi connectivity index (χ3n) is 2.97. The zero-order valence-corrected chi connectivity index (χ0v) is 11.7. The molecule has 3 nitrogen and oxygen atoms in total. The van der Waals surface area contributed by atoms with Crippen LogP contribution in [0.3, 0.4) is 0 Å². The van der Waals surface area contributed by atoms with Crippen molar-refractivity contribution in [2.45, 2.75) is 6.54 Å². The molecule has 2 rings (SSSR count). The second-order valence-electron chi connectivity index (χ2n) is 4.48. The molecule has 0 aromatic heterocycles. The maximum atomic E-state index is 13.0. The number of carbonyl (C=O) groups is 1. The van der Waals surface area contributed by atoms with Crippen molar-refractivity contribution in [2.75, 3.05) is 12.8 Å². The zero-order chi connectivity index (χ0) is 14.7. The fourth-order valence-corrected chi connectivity index (χ4v) is 2.12. The summed E-state index contributed by atoms with van der Waals surface area (Å²) in [6, 6.07) is 11.0. The Morgan fingerprint density at radius 2 is 2.00 bits per heavy atom. The molecule has 0 saturated carbocycles. The Morgan fingerprint density at radius 1 is 1.30 bits per heavy atom. The molecule has 0 bridgehead atoms. The molecule has 0 saturated heterocycles. The van der Waals surface area contributed by atoms with Gasteiger partial charge in [0.2, 0.25) is 0 Å². The zero-order valence-electron chi connectivity index (χ0n) is 10.9. The number of hydrogen-bond donors (Lipinski definition) is 1. The van der Waals surface area contributed by atoms with Crippen LogP contribution in [-0.2, 0) is 6.54 Å². The fourth-order valence-electron chi connectivity index (χ4n) is 1.87. The lowest BCUT2D eigenvalue weighted by atomic mass is 10.1. The molecule has 2 aromatic carbocycles. The second-order valence-corrected chi connectivity index (χ2v) is 4.89. The number of nitrogen functional groups attached to an aromatic ring is 1. The molecule has 0 aliphatic rings. The molecule has 0 atom stereocenters. The molecule has 0 spiro atoms. The van der Waals surface area contributed by atoms with Crippen LogP contribution in [0.25, 0.3) is 0 Å². The maximum absolute atomic E-state index is 13.0. The lowest BCUT2D eigenvalue weighted by molar-refractivity contribution is 0.0785. The summed E-state index contributed by atoms with van der Waals surface area (Å²) in [5.41, 5.74) is 7.58. The Hall–Kier alpha value is -2.07. The summed E-state index contributed by atoms with van der Waals surface area (Å²) in [6.45, 7) is 0.360. The van der Waals surface area contributed by atoms with Crippen LogP contribution in [0.15, 0.2) is 42.5 Å². The van der Waals surface area contributed by atoms with Gasteiger partial charge in [0.25, 0.3) is 5.91 Å². The van der Waals surface area contributed by atoms with E-state index in [0.29, 0.717) is 12.2 Å². The molecular formula is C15H14ClFN2O. The van der Waals surface area contributed by atoms with Crippen molar-refractivity contribution in [1.82, 2.24) is 4.90 Å². The fraction of sp³-hybridized carbons (Fsp3) is 0.133. The average molecular weight is 293 g/mol. The lowest BCUT2D eigenvalue weighted by Gasteiger charge is -2.19. The predicted molar refractivity (Wildman–Crippen MR) is 78.1 cm³/mol. The Kier molecular flexibility index (Phi) is 4.25. The largest absolute Gasteiger partial charge is 0.398 e. The summed E-state index contributed by atoms with van der Waals surface area (Å²) in [6.07, 6.45) is 0. The summed E-state index contributed by atoms with van der Waals surface area (Å²) in [4.78, 5) is 13.8. The van der Waals surface area contributed by atoms with Crippen LogP contribution < -0.4 is 5.73 Å². The number of rotatable bonds is 3. The highest BCUT2D eigenvalue weighted by molar-refractivity contribution is 6.33. The van der Waals surface area contributed by atoms with E-state index in [1.54, 1.807) is 13.1 Å². The molecule has 5 heteroatoms. The SMILES string of the molecule is CN(Cc1ccccc1N)C(=O)c1ccc(F)cc1Cl. The monoisotopic (exact) mass is 292 g/mol. The van der Waals surface area contributed by atoms with Crippen molar-refractivity contribution in [3.63, 3.8) is 0 Å². The Bertz CT molecular complexity index is 646. The van der Waals surface area contributed by atoms with Crippen molar-refractivity contribution in [1.29, 1.82) is 0 Å². The van der Waals surface area contributed by atoms with Crippen molar-refractivity contribution in [3.05, 3.63) is 64.4 Å². The highest BCUT2D eigenvalue weighted by atomic mass is 35.5. The molecule has 0 unspecified atom stereocenters. The van der Waals surface area contributed by atoms with E-state index < -0.39 is 5.82 Å². The number of hydrogen-bond acceptors (Lipinski definition) is 2. The second kappa shape index (κ2) is 5.92. The Morgan fingerprint density at radius 3 is 2.65 bits per heavy atom. The normalized spacial score (nSPS) is 10.3. The van der Waals surface area contributed by atoms with Gasteiger partial charge in [-0.25, -0.2) is 4.39 Å². The molecule has 0 radical (unpaired) electrons. The van der Waals surface area contributed by atoms with Gasteiger partial charge in [-0.2, -0.15) is 0 Å². The molecule has 2 N–H and O–H groups in total. The third-order valence-corrected chi connectivity index (χ3v) is 3.28. The summed E-state index contributed by atoms with van der Waals surface area (Å²) >= 11 is 5.89. The first kappa shape index (κ1) is 14.3. The molecule has 20 heavy (non-hydrogen) atoms. The summed E-state index contributed by atoms with van der Waals surface area (Å²) in [5, 5.41) is 0.0999. The standard InChI is InChI=1S/C15H14ClFN2O/c1-19(9-10-4-2-3-5-14(10)18)15(20)12-7-6-11(17)8-13(12)16/h2-8H,9,18H2,1H3. The number of carbonyl (C=O) groups excluding carboxylic acids is 1. The van der Waals surface area contributed by atoms with Crippen LogP contribution >= 0.6 is 11.6 Å². The van der Waals surface area contributed by atoms with E-state index >= 15 is 0 Å². The number of nitrogens with zero attached hydrogens (tertiary/aromatic N) is 1. The van der Waals surface area contributed by atoms with Gasteiger partial charge >= 0.3 is 0 Å². The average Bonchev–Trinajstić information content (AvgIpc) is 2.40. The van der Waals surface area contributed by atoms with Gasteiger partial charge in [-0.3, -0.25) is 4.79 Å². The Labute approximate surface area is 121 Å². The number of para-hydroxylation sites is 1. The number of anilines is 1. The minimum Gasteiger partial charge on any atom is -0.398 e. The minimum absolute atomic E-state index is 0.0999. The Balaban J connectivity index is 2.19. The van der Waals surface area contributed by atoms with E-state index in [1.165, 1.54) is 17.0 Å². The molecule has 0 fully saturated rings. The molecule has 0 heterocycles. The van der Waals surface area contributed by atoms with Crippen LogP contribution in [0.1, 0.15) is 15.9 Å². The molecule has 0 aliphatic carbocycles. The van der Waals surface area contributed by atoms with Crippen molar-refractivity contribution < 1.29 is 9.18 Å². The third kappa shape index (κ3) is 3.08. The van der Waals surface area contributed by atoms with Crippen LogP contribution in [0.5, 0.6) is 0 Å². The van der Waals surface area contributed by atoms with Crippen molar-refractivity contribution in [2.24, 2.45) is 0 Å². The molecule has 2 aromatic rings. The van der Waals surface area contributed by atoms with E-state index in [-0.39, 0.29) is 16.5 Å². The van der Waals surface area contributed by atoms with E-state index in [0.717, 1.165) is 11.6 Å². The van der Waals surface area contributed by atoms with Gasteiger partial charge in [0, 0.05) is 19.3 Å². The smallest absolute Gasteiger partial charge is 0.255 e. The van der Waals surface area contributed by atoms with E-state index in [2.05, 4.69) is 0 Å². The number of amides is 1. The highest BCUT2D eigenvalue weighted by Crippen LogP contribution is 2.20. The summed E-state index contributed by atoms with van der Waals surface area (Å²) < 4.78 is 13.0. The first-order valence-electron chi connectivity index (χ1n) is 6.03. The van der Waals surface area contributed by atoms with E-state index in [1.807, 2.05) is 18.2 Å². The topological polar surface area (TPSA) is 46.3 Å². The van der Waals surface area contributed by atoms with Gasteiger partial charge in [0.05, 0.1) is 10.6 Å². The van der Waals surface area contributed by atoms with Crippen molar-refractivity contribution in [3.8, 4) is 0 Å². The van der Waals surface area contributed by atoms with Gasteiger partial charge in [0.15, 0.2) is 0 Å².